The summed E-state index contributed by atoms with van der Waals surface area (Å²) in [4.78, 5) is 12.8. The van der Waals surface area contributed by atoms with Crippen molar-refractivity contribution < 1.29 is 19.7 Å². The maximum Gasteiger partial charge on any atom is 0.200 e. The fraction of sp³-hybridized carbons (Fsp3) is 0.391. The molecule has 0 radical (unpaired) electrons. The van der Waals surface area contributed by atoms with E-state index in [1.807, 2.05) is 6.92 Å². The number of phenolic OH excluding ortho intramolecular Hbond substituents is 2. The molecule has 5 nitrogen and oxygen atoms in total. The Balaban J connectivity index is 2.12. The van der Waals surface area contributed by atoms with Crippen LogP contribution in [0.15, 0.2) is 36.4 Å². The van der Waals surface area contributed by atoms with E-state index in [-0.39, 0.29) is 22.6 Å². The van der Waals surface area contributed by atoms with Gasteiger partial charge in [0.15, 0.2) is 5.78 Å². The SMILES string of the molecule is CCCc1c(OCCCCCCC#N)ccc(C(=O)c2ccccc2O)c1O. The van der Waals surface area contributed by atoms with Crippen molar-refractivity contribution in [3.8, 4) is 23.3 Å². The number of hydrogen-bond donors (Lipinski definition) is 2. The second kappa shape index (κ2) is 11.0. The Morgan fingerprint density at radius 3 is 2.50 bits per heavy atom. The van der Waals surface area contributed by atoms with Gasteiger partial charge in [0.1, 0.15) is 17.2 Å². The van der Waals surface area contributed by atoms with Crippen LogP contribution in [0.25, 0.3) is 0 Å². The lowest BCUT2D eigenvalue weighted by molar-refractivity contribution is 0.103. The fourth-order valence-corrected chi connectivity index (χ4v) is 3.08. The van der Waals surface area contributed by atoms with Gasteiger partial charge in [-0.25, -0.2) is 0 Å². The molecule has 0 atom stereocenters. The third kappa shape index (κ3) is 5.50. The standard InChI is InChI=1S/C23H27NO4/c1-2-10-18-21(28-16-9-5-3-4-8-15-24)14-13-19(23(18)27)22(26)17-11-6-7-12-20(17)25/h6-7,11-14,25,27H,2-5,8-10,16H2,1H3. The zero-order valence-electron chi connectivity index (χ0n) is 16.3. The third-order valence-electron chi connectivity index (χ3n) is 4.57. The number of ketones is 1. The number of carbonyl (C=O) groups excluding carboxylic acids is 1. The van der Waals surface area contributed by atoms with Gasteiger partial charge in [0.2, 0.25) is 0 Å². The van der Waals surface area contributed by atoms with Crippen LogP contribution in [-0.4, -0.2) is 22.6 Å². The molecule has 2 aromatic rings. The molecule has 0 spiro atoms. The van der Waals surface area contributed by atoms with Gasteiger partial charge in [-0.15, -0.1) is 0 Å². The Morgan fingerprint density at radius 2 is 1.79 bits per heavy atom. The molecule has 0 aliphatic carbocycles. The summed E-state index contributed by atoms with van der Waals surface area (Å²) in [5.41, 5.74) is 0.938. The number of phenols is 2. The van der Waals surface area contributed by atoms with Crippen molar-refractivity contribution in [3.63, 3.8) is 0 Å². The predicted octanol–water partition coefficient (Wildman–Crippen LogP) is 5.13. The first-order chi connectivity index (χ1) is 13.6. The number of hydrogen-bond acceptors (Lipinski definition) is 5. The summed E-state index contributed by atoms with van der Waals surface area (Å²) >= 11 is 0. The Kier molecular flexibility index (Phi) is 8.36. The zero-order chi connectivity index (χ0) is 20.4. The molecular formula is C23H27NO4. The first kappa shape index (κ1) is 21.3. The maximum atomic E-state index is 12.8. The van der Waals surface area contributed by atoms with Crippen LogP contribution in [0.5, 0.6) is 17.2 Å². The number of benzene rings is 2. The Hall–Kier alpha value is -3.00. The minimum absolute atomic E-state index is 0.0818. The Labute approximate surface area is 166 Å². The van der Waals surface area contributed by atoms with Gasteiger partial charge in [-0.3, -0.25) is 4.79 Å². The molecule has 2 N–H and O–H groups in total. The van der Waals surface area contributed by atoms with E-state index >= 15 is 0 Å². The van der Waals surface area contributed by atoms with Crippen LogP contribution < -0.4 is 4.74 Å². The van der Waals surface area contributed by atoms with E-state index < -0.39 is 5.78 Å². The van der Waals surface area contributed by atoms with Crippen LogP contribution >= 0.6 is 0 Å². The summed E-state index contributed by atoms with van der Waals surface area (Å²) in [6, 6.07) is 11.7. The van der Waals surface area contributed by atoms with Crippen molar-refractivity contribution in [1.82, 2.24) is 0 Å². The molecule has 2 rings (SSSR count). The zero-order valence-corrected chi connectivity index (χ0v) is 16.3. The molecule has 0 heterocycles. The van der Waals surface area contributed by atoms with Crippen LogP contribution in [0.4, 0.5) is 0 Å². The van der Waals surface area contributed by atoms with Crippen molar-refractivity contribution in [1.29, 1.82) is 5.26 Å². The summed E-state index contributed by atoms with van der Waals surface area (Å²) in [7, 11) is 0. The smallest absolute Gasteiger partial charge is 0.200 e. The van der Waals surface area contributed by atoms with Crippen LogP contribution in [0.2, 0.25) is 0 Å². The van der Waals surface area contributed by atoms with Crippen molar-refractivity contribution in [2.24, 2.45) is 0 Å². The van der Waals surface area contributed by atoms with Crippen molar-refractivity contribution in [2.45, 2.75) is 51.9 Å². The molecule has 0 bridgehead atoms. The highest BCUT2D eigenvalue weighted by Crippen LogP contribution is 2.35. The molecule has 0 aliphatic rings. The summed E-state index contributed by atoms with van der Waals surface area (Å²) in [6.45, 7) is 2.52. The van der Waals surface area contributed by atoms with Gasteiger partial charge in [0.05, 0.1) is 23.8 Å². The number of ether oxygens (including phenoxy) is 1. The molecule has 2 aromatic carbocycles. The van der Waals surface area contributed by atoms with Gasteiger partial charge < -0.3 is 14.9 Å². The molecule has 5 heteroatoms. The Bertz CT molecular complexity index is 839. The van der Waals surface area contributed by atoms with E-state index in [9.17, 15) is 15.0 Å². The minimum atomic E-state index is -0.419. The summed E-state index contributed by atoms with van der Waals surface area (Å²) in [5.74, 6) is -0.0236. The molecule has 0 saturated carbocycles. The molecule has 0 saturated heterocycles. The van der Waals surface area contributed by atoms with E-state index in [0.717, 1.165) is 32.1 Å². The second-order valence-corrected chi connectivity index (χ2v) is 6.71. The van der Waals surface area contributed by atoms with Crippen LogP contribution in [0.3, 0.4) is 0 Å². The van der Waals surface area contributed by atoms with E-state index in [4.69, 9.17) is 10.00 Å². The van der Waals surface area contributed by atoms with Crippen LogP contribution in [0.1, 0.15) is 66.9 Å². The van der Waals surface area contributed by atoms with E-state index in [0.29, 0.717) is 30.8 Å². The highest BCUT2D eigenvalue weighted by Gasteiger charge is 2.21. The van der Waals surface area contributed by atoms with Crippen molar-refractivity contribution in [3.05, 3.63) is 53.1 Å². The molecule has 0 fully saturated rings. The first-order valence-electron chi connectivity index (χ1n) is 9.77. The number of rotatable bonds is 11. The second-order valence-electron chi connectivity index (χ2n) is 6.71. The number of aromatic hydroxyl groups is 2. The maximum absolute atomic E-state index is 12.8. The predicted molar refractivity (Wildman–Crippen MR) is 108 cm³/mol. The van der Waals surface area contributed by atoms with Crippen LogP contribution in [-0.2, 0) is 6.42 Å². The monoisotopic (exact) mass is 381 g/mol. The molecule has 0 aromatic heterocycles. The fourth-order valence-electron chi connectivity index (χ4n) is 3.08. The number of nitriles is 1. The van der Waals surface area contributed by atoms with Crippen molar-refractivity contribution >= 4 is 5.78 Å². The molecule has 0 aliphatic heterocycles. The van der Waals surface area contributed by atoms with Gasteiger partial charge in [-0.05, 0) is 43.5 Å². The Morgan fingerprint density at radius 1 is 1.04 bits per heavy atom. The minimum Gasteiger partial charge on any atom is -0.507 e. The molecule has 28 heavy (non-hydrogen) atoms. The number of para-hydroxylation sites is 1. The summed E-state index contributed by atoms with van der Waals surface area (Å²) in [5, 5.41) is 29.2. The van der Waals surface area contributed by atoms with Gasteiger partial charge in [-0.1, -0.05) is 38.3 Å². The largest absolute Gasteiger partial charge is 0.507 e. The lowest BCUT2D eigenvalue weighted by Crippen LogP contribution is -2.06. The van der Waals surface area contributed by atoms with Gasteiger partial charge in [0.25, 0.3) is 0 Å². The van der Waals surface area contributed by atoms with E-state index in [1.165, 1.54) is 12.1 Å². The van der Waals surface area contributed by atoms with Gasteiger partial charge in [-0.2, -0.15) is 5.26 Å². The molecule has 0 amide bonds. The summed E-state index contributed by atoms with van der Waals surface area (Å²) < 4.78 is 5.86. The molecule has 0 unspecified atom stereocenters. The summed E-state index contributed by atoms with van der Waals surface area (Å²) in [6.07, 6.45) is 5.73. The lowest BCUT2D eigenvalue weighted by atomic mass is 9.97. The lowest BCUT2D eigenvalue weighted by Gasteiger charge is -2.15. The topological polar surface area (TPSA) is 90.5 Å². The van der Waals surface area contributed by atoms with E-state index in [1.54, 1.807) is 24.3 Å². The molecular weight excluding hydrogens is 354 g/mol. The number of carbonyl (C=O) groups is 1. The van der Waals surface area contributed by atoms with E-state index in [2.05, 4.69) is 6.07 Å². The molecule has 148 valence electrons. The average Bonchev–Trinajstić information content (AvgIpc) is 2.69. The highest BCUT2D eigenvalue weighted by molar-refractivity contribution is 6.12. The average molecular weight is 381 g/mol. The van der Waals surface area contributed by atoms with Gasteiger partial charge >= 0.3 is 0 Å². The van der Waals surface area contributed by atoms with Crippen molar-refractivity contribution in [2.75, 3.05) is 6.61 Å². The third-order valence-corrected chi connectivity index (χ3v) is 4.57. The quantitative estimate of drug-likeness (QED) is 0.416. The highest BCUT2D eigenvalue weighted by atomic mass is 16.5. The number of unbranched alkanes of at least 4 members (excludes halogenated alkanes) is 4. The normalized spacial score (nSPS) is 10.4. The van der Waals surface area contributed by atoms with Gasteiger partial charge in [0, 0.05) is 12.0 Å². The number of nitrogens with zero attached hydrogens (tertiary/aromatic N) is 1. The van der Waals surface area contributed by atoms with Crippen LogP contribution in [0, 0.1) is 11.3 Å². The first-order valence-corrected chi connectivity index (χ1v) is 9.77.